The van der Waals surface area contributed by atoms with Gasteiger partial charge in [0, 0.05) is 21.9 Å². The lowest BCUT2D eigenvalue weighted by Crippen LogP contribution is -2.09. The normalized spacial score (nSPS) is 11.0. The number of nitrogens with zero attached hydrogens (tertiary/aromatic N) is 1. The number of aromatic nitrogens is 1. The van der Waals surface area contributed by atoms with E-state index in [0.29, 0.717) is 11.7 Å². The Labute approximate surface area is 164 Å². The van der Waals surface area contributed by atoms with Crippen molar-refractivity contribution in [3.05, 3.63) is 47.3 Å². The molecule has 0 radical (unpaired) electrons. The zero-order valence-electron chi connectivity index (χ0n) is 16.2. The molecule has 5 heteroatoms. The summed E-state index contributed by atoms with van der Waals surface area (Å²) in [6.45, 7) is 7.39. The van der Waals surface area contributed by atoms with Crippen LogP contribution in [0.3, 0.4) is 0 Å². The Morgan fingerprint density at radius 3 is 2.59 bits per heavy atom. The number of thiophene rings is 1. The van der Waals surface area contributed by atoms with E-state index in [-0.39, 0.29) is 5.75 Å². The smallest absolute Gasteiger partial charge is 0.161 e. The molecule has 4 nitrogen and oxygen atoms in total. The summed E-state index contributed by atoms with van der Waals surface area (Å²) < 4.78 is 5.26. The van der Waals surface area contributed by atoms with Crippen LogP contribution in [0.4, 0.5) is 5.82 Å². The first kappa shape index (κ1) is 19.2. The highest BCUT2D eigenvalue weighted by Crippen LogP contribution is 2.35. The lowest BCUT2D eigenvalue weighted by molar-refractivity contribution is 0.373. The number of aromatic hydroxyl groups is 1. The average Bonchev–Trinajstić information content (AvgIpc) is 3.16. The number of phenolic OH excluding ortho intramolecular Hbond substituents is 1. The van der Waals surface area contributed by atoms with Gasteiger partial charge in [0.25, 0.3) is 0 Å². The van der Waals surface area contributed by atoms with Crippen molar-refractivity contribution in [1.29, 1.82) is 0 Å². The molecule has 0 atom stereocenters. The van der Waals surface area contributed by atoms with Gasteiger partial charge in [0.2, 0.25) is 0 Å². The predicted molar refractivity (Wildman–Crippen MR) is 114 cm³/mol. The number of rotatable bonds is 7. The lowest BCUT2D eigenvalue weighted by Gasteiger charge is -2.13. The second-order valence-electron chi connectivity index (χ2n) is 6.91. The van der Waals surface area contributed by atoms with E-state index in [1.165, 1.54) is 9.75 Å². The van der Waals surface area contributed by atoms with Gasteiger partial charge in [-0.3, -0.25) is 0 Å². The molecule has 0 aliphatic carbocycles. The molecular formula is C22H26N2O2S. The van der Waals surface area contributed by atoms with Crippen LogP contribution in [0, 0.1) is 5.92 Å². The molecule has 0 spiro atoms. The quantitative estimate of drug-likeness (QED) is 0.540. The van der Waals surface area contributed by atoms with Crippen molar-refractivity contribution >= 4 is 17.2 Å². The summed E-state index contributed by atoms with van der Waals surface area (Å²) in [6, 6.07) is 13.9. The minimum atomic E-state index is 0.126. The van der Waals surface area contributed by atoms with Crippen molar-refractivity contribution in [3.8, 4) is 33.2 Å². The zero-order valence-corrected chi connectivity index (χ0v) is 17.1. The first-order chi connectivity index (χ1) is 13.0. The summed E-state index contributed by atoms with van der Waals surface area (Å²) in [6.07, 6.45) is 1.04. The third-order valence-corrected chi connectivity index (χ3v) is 5.57. The van der Waals surface area contributed by atoms with Gasteiger partial charge in [-0.05, 0) is 60.4 Å². The van der Waals surface area contributed by atoms with Gasteiger partial charge in [0.15, 0.2) is 11.5 Å². The van der Waals surface area contributed by atoms with E-state index in [1.807, 2.05) is 23.5 Å². The molecule has 3 aromatic rings. The first-order valence-electron chi connectivity index (χ1n) is 9.22. The number of hydrogen-bond donors (Lipinski definition) is 2. The van der Waals surface area contributed by atoms with Gasteiger partial charge < -0.3 is 15.2 Å². The zero-order chi connectivity index (χ0) is 19.4. The summed E-state index contributed by atoms with van der Waals surface area (Å²) in [4.78, 5) is 7.39. The fourth-order valence-corrected chi connectivity index (χ4v) is 3.71. The summed E-state index contributed by atoms with van der Waals surface area (Å²) in [7, 11) is 1.55. The standard InChI is InChI=1S/C22H26N2O2S/c1-5-17-7-9-21(27-17)16-10-18(24-22(12-16)23-13-14(2)3)15-6-8-19(25)20(11-15)26-4/h6-12,14,25H,5,13H2,1-4H3,(H,23,24). The van der Waals surface area contributed by atoms with Crippen molar-refractivity contribution in [2.75, 3.05) is 19.0 Å². The van der Waals surface area contributed by atoms with E-state index in [9.17, 15) is 5.11 Å². The topological polar surface area (TPSA) is 54.4 Å². The van der Waals surface area contributed by atoms with Crippen LogP contribution < -0.4 is 10.1 Å². The number of hydrogen-bond acceptors (Lipinski definition) is 5. The molecule has 0 aliphatic rings. The van der Waals surface area contributed by atoms with E-state index >= 15 is 0 Å². The number of phenols is 1. The van der Waals surface area contributed by atoms with Crippen LogP contribution in [0.2, 0.25) is 0 Å². The van der Waals surface area contributed by atoms with Crippen molar-refractivity contribution in [1.82, 2.24) is 4.98 Å². The Bertz CT molecular complexity index is 918. The van der Waals surface area contributed by atoms with E-state index < -0.39 is 0 Å². The van der Waals surface area contributed by atoms with Crippen LogP contribution in [-0.2, 0) is 6.42 Å². The number of pyridine rings is 1. The molecule has 0 aliphatic heterocycles. The van der Waals surface area contributed by atoms with Crippen molar-refractivity contribution in [2.24, 2.45) is 5.92 Å². The number of benzene rings is 1. The molecule has 142 valence electrons. The first-order valence-corrected chi connectivity index (χ1v) is 10.0. The molecule has 1 aromatic carbocycles. The van der Waals surface area contributed by atoms with E-state index in [0.717, 1.165) is 35.6 Å². The van der Waals surface area contributed by atoms with Gasteiger partial charge in [-0.15, -0.1) is 11.3 Å². The van der Waals surface area contributed by atoms with Crippen LogP contribution in [0.25, 0.3) is 21.7 Å². The van der Waals surface area contributed by atoms with Crippen LogP contribution in [0.15, 0.2) is 42.5 Å². The highest BCUT2D eigenvalue weighted by Gasteiger charge is 2.11. The van der Waals surface area contributed by atoms with Crippen LogP contribution in [0.5, 0.6) is 11.5 Å². The van der Waals surface area contributed by atoms with Gasteiger partial charge in [0.05, 0.1) is 12.8 Å². The number of ether oxygens (including phenoxy) is 1. The average molecular weight is 383 g/mol. The minimum absolute atomic E-state index is 0.126. The van der Waals surface area contributed by atoms with Gasteiger partial charge in [-0.1, -0.05) is 20.8 Å². The lowest BCUT2D eigenvalue weighted by atomic mass is 10.1. The Kier molecular flexibility index (Phi) is 6.01. The summed E-state index contributed by atoms with van der Waals surface area (Å²) in [5.74, 6) is 1.96. The molecule has 0 saturated heterocycles. The van der Waals surface area contributed by atoms with Crippen molar-refractivity contribution in [2.45, 2.75) is 27.2 Å². The summed E-state index contributed by atoms with van der Waals surface area (Å²) >= 11 is 1.81. The number of aryl methyl sites for hydroxylation is 1. The molecule has 0 saturated carbocycles. The van der Waals surface area contributed by atoms with Gasteiger partial charge in [0.1, 0.15) is 5.82 Å². The third-order valence-electron chi connectivity index (χ3n) is 4.29. The summed E-state index contributed by atoms with van der Waals surface area (Å²) in [5.41, 5.74) is 2.90. The molecule has 0 fully saturated rings. The molecule has 2 N–H and O–H groups in total. The van der Waals surface area contributed by atoms with Crippen LogP contribution in [-0.4, -0.2) is 23.7 Å². The number of anilines is 1. The van der Waals surface area contributed by atoms with Gasteiger partial charge in [-0.25, -0.2) is 4.98 Å². The second kappa shape index (κ2) is 8.44. The van der Waals surface area contributed by atoms with Crippen molar-refractivity contribution in [3.63, 3.8) is 0 Å². The fourth-order valence-electron chi connectivity index (χ4n) is 2.78. The molecule has 0 amide bonds. The van der Waals surface area contributed by atoms with E-state index in [4.69, 9.17) is 9.72 Å². The predicted octanol–water partition coefficient (Wildman–Crippen LogP) is 5.82. The van der Waals surface area contributed by atoms with Gasteiger partial charge in [-0.2, -0.15) is 0 Å². The van der Waals surface area contributed by atoms with E-state index in [2.05, 4.69) is 50.4 Å². The number of nitrogens with one attached hydrogen (secondary N) is 1. The SMILES string of the molecule is CCc1ccc(-c2cc(NCC(C)C)nc(-c3ccc(O)c(OC)c3)c2)s1. The number of methoxy groups -OCH3 is 1. The maximum atomic E-state index is 9.89. The monoisotopic (exact) mass is 382 g/mol. The largest absolute Gasteiger partial charge is 0.504 e. The van der Waals surface area contributed by atoms with Crippen molar-refractivity contribution < 1.29 is 9.84 Å². The van der Waals surface area contributed by atoms with Gasteiger partial charge >= 0.3 is 0 Å². The minimum Gasteiger partial charge on any atom is -0.504 e. The third kappa shape index (κ3) is 4.61. The molecule has 3 rings (SSSR count). The highest BCUT2D eigenvalue weighted by atomic mass is 32.1. The maximum absolute atomic E-state index is 9.89. The Hall–Kier alpha value is -2.53. The Balaban J connectivity index is 2.06. The molecule has 2 aromatic heterocycles. The van der Waals surface area contributed by atoms with E-state index in [1.54, 1.807) is 13.2 Å². The Morgan fingerprint density at radius 1 is 1.11 bits per heavy atom. The molecule has 27 heavy (non-hydrogen) atoms. The fraction of sp³-hybridized carbons (Fsp3) is 0.318. The van der Waals surface area contributed by atoms with Crippen LogP contribution >= 0.6 is 11.3 Å². The molecule has 2 heterocycles. The second-order valence-corrected chi connectivity index (χ2v) is 8.08. The summed E-state index contributed by atoms with van der Waals surface area (Å²) in [5, 5.41) is 13.3. The highest BCUT2D eigenvalue weighted by molar-refractivity contribution is 7.15. The molecule has 0 unspecified atom stereocenters. The maximum Gasteiger partial charge on any atom is 0.161 e. The Morgan fingerprint density at radius 2 is 1.93 bits per heavy atom. The molecular weight excluding hydrogens is 356 g/mol. The molecule has 0 bridgehead atoms. The van der Waals surface area contributed by atoms with Crippen LogP contribution in [0.1, 0.15) is 25.6 Å².